The van der Waals surface area contributed by atoms with E-state index in [1.807, 2.05) is 0 Å². The van der Waals surface area contributed by atoms with Crippen LogP contribution in [0, 0.1) is 11.8 Å². The lowest BCUT2D eigenvalue weighted by Gasteiger charge is -2.27. The van der Waals surface area contributed by atoms with E-state index in [0.29, 0.717) is 0 Å². The smallest absolute Gasteiger partial charge is 0.00683 e. The lowest BCUT2D eigenvalue weighted by molar-refractivity contribution is 0.284. The Bertz CT molecular complexity index is 374. The van der Waals surface area contributed by atoms with Crippen LogP contribution in [0.1, 0.15) is 56.9 Å². The monoisotopic (exact) mass is 271 g/mol. The molecule has 110 valence electrons. The number of benzene rings is 1. The molecule has 1 aromatic carbocycles. The van der Waals surface area contributed by atoms with Crippen molar-refractivity contribution in [2.24, 2.45) is 11.8 Å². The normalized spacial score (nSPS) is 22.4. The molecular formula is C19H29N. The molecule has 0 aliphatic heterocycles. The van der Waals surface area contributed by atoms with Gasteiger partial charge < -0.3 is 5.32 Å². The Morgan fingerprint density at radius 3 is 2.25 bits per heavy atom. The fourth-order valence-corrected chi connectivity index (χ4v) is 3.71. The van der Waals surface area contributed by atoms with Gasteiger partial charge in [-0.05, 0) is 43.2 Å². The Kier molecular flexibility index (Phi) is 5.13. The topological polar surface area (TPSA) is 12.0 Å². The van der Waals surface area contributed by atoms with Gasteiger partial charge in [0.15, 0.2) is 0 Å². The highest BCUT2D eigenvalue weighted by Gasteiger charge is 2.26. The molecule has 0 spiro atoms. The molecule has 1 heteroatoms. The van der Waals surface area contributed by atoms with Crippen LogP contribution in [0.3, 0.4) is 0 Å². The second-order valence-corrected chi connectivity index (χ2v) is 6.88. The van der Waals surface area contributed by atoms with Gasteiger partial charge in [-0.2, -0.15) is 0 Å². The van der Waals surface area contributed by atoms with Crippen molar-refractivity contribution >= 4 is 0 Å². The van der Waals surface area contributed by atoms with Crippen molar-refractivity contribution in [1.82, 2.24) is 5.32 Å². The Labute approximate surface area is 124 Å². The van der Waals surface area contributed by atoms with Gasteiger partial charge in [-0.3, -0.25) is 0 Å². The molecule has 1 nitrogen and oxygen atoms in total. The maximum atomic E-state index is 3.79. The minimum atomic E-state index is 0.844. The zero-order valence-electron chi connectivity index (χ0n) is 12.7. The lowest BCUT2D eigenvalue weighted by atomic mass is 9.82. The summed E-state index contributed by atoms with van der Waals surface area (Å²) in [6.45, 7) is 1.24. The number of hydrogen-bond donors (Lipinski definition) is 1. The van der Waals surface area contributed by atoms with Crippen molar-refractivity contribution in [1.29, 1.82) is 0 Å². The zero-order valence-corrected chi connectivity index (χ0v) is 12.7. The predicted octanol–water partition coefficient (Wildman–Crippen LogP) is 4.57. The van der Waals surface area contributed by atoms with Crippen molar-refractivity contribution in [3.05, 3.63) is 35.9 Å². The van der Waals surface area contributed by atoms with Gasteiger partial charge in [-0.15, -0.1) is 0 Å². The molecule has 2 fully saturated rings. The van der Waals surface area contributed by atoms with Crippen LogP contribution < -0.4 is 5.32 Å². The molecule has 0 saturated heterocycles. The Morgan fingerprint density at radius 1 is 0.900 bits per heavy atom. The summed E-state index contributed by atoms with van der Waals surface area (Å²) in [7, 11) is 0. The summed E-state index contributed by atoms with van der Waals surface area (Å²) in [6, 6.07) is 12.0. The summed E-state index contributed by atoms with van der Waals surface area (Å²) in [4.78, 5) is 0. The minimum Gasteiger partial charge on any atom is -0.314 e. The van der Waals surface area contributed by atoms with E-state index < -0.39 is 0 Å². The summed E-state index contributed by atoms with van der Waals surface area (Å²) >= 11 is 0. The summed E-state index contributed by atoms with van der Waals surface area (Å²) in [5.41, 5.74) is 1.53. The van der Waals surface area contributed by atoms with E-state index in [2.05, 4.69) is 35.6 Å². The molecule has 2 aliphatic carbocycles. The van der Waals surface area contributed by atoms with E-state index in [0.717, 1.165) is 17.9 Å². The molecule has 2 aliphatic rings. The predicted molar refractivity (Wildman–Crippen MR) is 85.9 cm³/mol. The van der Waals surface area contributed by atoms with E-state index in [9.17, 15) is 0 Å². The standard InChI is InChI=1S/C19H29N/c1-2-7-11-17(10-6-1)18(15-20-19-12-13-19)14-16-8-4-3-5-9-16/h3-5,8-9,17-20H,1-2,6-7,10-15H2. The first-order valence-corrected chi connectivity index (χ1v) is 8.69. The third kappa shape index (κ3) is 4.34. The molecule has 0 heterocycles. The van der Waals surface area contributed by atoms with Crippen LogP contribution in [-0.2, 0) is 6.42 Å². The average Bonchev–Trinajstić information content (AvgIpc) is 3.31. The van der Waals surface area contributed by atoms with Crippen molar-refractivity contribution < 1.29 is 0 Å². The van der Waals surface area contributed by atoms with Gasteiger partial charge in [0.05, 0.1) is 0 Å². The third-order valence-corrected chi connectivity index (χ3v) is 5.15. The van der Waals surface area contributed by atoms with Crippen molar-refractivity contribution in [2.45, 2.75) is 63.8 Å². The van der Waals surface area contributed by atoms with E-state index in [1.165, 1.54) is 69.9 Å². The first kappa shape index (κ1) is 14.1. The maximum absolute atomic E-state index is 3.79. The number of rotatable bonds is 6. The van der Waals surface area contributed by atoms with E-state index in [4.69, 9.17) is 0 Å². The molecule has 1 N–H and O–H groups in total. The van der Waals surface area contributed by atoms with Crippen LogP contribution in [0.15, 0.2) is 30.3 Å². The van der Waals surface area contributed by atoms with Crippen LogP contribution in [0.25, 0.3) is 0 Å². The number of nitrogens with one attached hydrogen (secondary N) is 1. The minimum absolute atomic E-state index is 0.844. The Hall–Kier alpha value is -0.820. The van der Waals surface area contributed by atoms with Crippen molar-refractivity contribution in [3.8, 4) is 0 Å². The van der Waals surface area contributed by atoms with Gasteiger partial charge in [0.25, 0.3) is 0 Å². The summed E-state index contributed by atoms with van der Waals surface area (Å²) < 4.78 is 0. The number of hydrogen-bond acceptors (Lipinski definition) is 1. The molecule has 1 aromatic rings. The molecule has 1 unspecified atom stereocenters. The van der Waals surface area contributed by atoms with Gasteiger partial charge >= 0.3 is 0 Å². The molecule has 0 aromatic heterocycles. The second-order valence-electron chi connectivity index (χ2n) is 6.88. The molecule has 1 atom stereocenters. The van der Waals surface area contributed by atoms with Gasteiger partial charge in [-0.1, -0.05) is 68.9 Å². The van der Waals surface area contributed by atoms with Crippen molar-refractivity contribution in [2.75, 3.05) is 6.54 Å². The van der Waals surface area contributed by atoms with Gasteiger partial charge in [0.2, 0.25) is 0 Å². The van der Waals surface area contributed by atoms with Crippen LogP contribution in [0.4, 0.5) is 0 Å². The van der Waals surface area contributed by atoms with Crippen LogP contribution in [0.2, 0.25) is 0 Å². The molecule has 0 radical (unpaired) electrons. The molecule has 20 heavy (non-hydrogen) atoms. The largest absolute Gasteiger partial charge is 0.314 e. The SMILES string of the molecule is c1ccc(CC(CNC2CC2)C2CCCCCC2)cc1. The van der Waals surface area contributed by atoms with Crippen LogP contribution in [0.5, 0.6) is 0 Å². The summed E-state index contributed by atoms with van der Waals surface area (Å²) in [5, 5.41) is 3.79. The molecule has 3 rings (SSSR count). The highest BCUT2D eigenvalue weighted by Crippen LogP contribution is 2.31. The third-order valence-electron chi connectivity index (χ3n) is 5.15. The highest BCUT2D eigenvalue weighted by molar-refractivity contribution is 5.15. The average molecular weight is 271 g/mol. The van der Waals surface area contributed by atoms with Crippen molar-refractivity contribution in [3.63, 3.8) is 0 Å². The van der Waals surface area contributed by atoms with Gasteiger partial charge in [-0.25, -0.2) is 0 Å². The van der Waals surface area contributed by atoms with Crippen LogP contribution in [-0.4, -0.2) is 12.6 Å². The maximum Gasteiger partial charge on any atom is 0.00683 e. The Morgan fingerprint density at radius 2 is 1.60 bits per heavy atom. The van der Waals surface area contributed by atoms with E-state index >= 15 is 0 Å². The fourth-order valence-electron chi connectivity index (χ4n) is 3.71. The second kappa shape index (κ2) is 7.26. The first-order chi connectivity index (χ1) is 9.92. The lowest BCUT2D eigenvalue weighted by Crippen LogP contribution is -2.31. The molecule has 0 bridgehead atoms. The molecule has 2 saturated carbocycles. The van der Waals surface area contributed by atoms with E-state index in [-0.39, 0.29) is 0 Å². The fraction of sp³-hybridized carbons (Fsp3) is 0.684. The Balaban J connectivity index is 1.61. The quantitative estimate of drug-likeness (QED) is 0.747. The summed E-state index contributed by atoms with van der Waals surface area (Å²) in [5.74, 6) is 1.79. The zero-order chi connectivity index (χ0) is 13.6. The summed E-state index contributed by atoms with van der Waals surface area (Å²) in [6.07, 6.45) is 12.8. The highest BCUT2D eigenvalue weighted by atomic mass is 14.9. The van der Waals surface area contributed by atoms with E-state index in [1.54, 1.807) is 0 Å². The molecule has 0 amide bonds. The molecular weight excluding hydrogens is 242 g/mol. The van der Waals surface area contributed by atoms with Gasteiger partial charge in [0.1, 0.15) is 0 Å². The first-order valence-electron chi connectivity index (χ1n) is 8.69. The van der Waals surface area contributed by atoms with Crippen LogP contribution >= 0.6 is 0 Å². The van der Waals surface area contributed by atoms with Gasteiger partial charge in [0, 0.05) is 6.04 Å².